The van der Waals surface area contributed by atoms with Gasteiger partial charge in [0.2, 0.25) is 41.4 Å². The lowest BCUT2D eigenvalue weighted by Gasteiger charge is -2.35. The first kappa shape index (κ1) is 81.8. The number of anilines is 1. The van der Waals surface area contributed by atoms with Gasteiger partial charge < -0.3 is 61.7 Å². The van der Waals surface area contributed by atoms with Crippen LogP contribution in [0.1, 0.15) is 155 Å². The number of amides is 7. The Morgan fingerprint density at radius 2 is 0.853 bits per heavy atom. The molecule has 24 nitrogen and oxygen atoms in total. The molecular weight excluding hydrogens is 1310 g/mol. The number of hydrogen-bond donors (Lipinski definition) is 7. The number of nitriles is 4. The summed E-state index contributed by atoms with van der Waals surface area (Å²) in [6, 6.07) is 40.8. The average Bonchev–Trinajstić information content (AvgIpc) is 1.06. The van der Waals surface area contributed by atoms with Gasteiger partial charge in [0.05, 0.1) is 55.4 Å². The van der Waals surface area contributed by atoms with Crippen molar-refractivity contribution in [2.24, 2.45) is 0 Å². The number of rotatable bonds is 26. The molecule has 7 N–H and O–H groups in total. The van der Waals surface area contributed by atoms with E-state index in [2.05, 4.69) is 109 Å². The topological polar surface area (TPSA) is 328 Å². The standard InChI is InChI=1S/C21H28N4OS.C19H27N5O2.C19H26N4O2.C18H24N4O2/c1-21(2,23-14-19(26)25-10-5-8-18(25)13-22)12-20(27)24-11-9-16-6-3-4-7-17(16)15-24;1-19(2,23-14-18(26)24-11-5-7-16(24)13-20)12-17(25)22-10-8-15-6-3-4-9-21-15;1-19(2,11-17(24)21-13-15-7-4-3-5-8-15)22-14-18(25)23-10-6-9-16(23)12-20;1-18(2,11-16(23)21-14-7-4-3-5-8-14)20-13-17(24)22-10-6-9-15(22)12-19/h3-4,6-7,18,23H,5,8-12,14-15H2,1-2H3;3-4,6,9,16,23H,5,7-8,10-12,14H2,1-2H3,(H,22,25);3-5,7-8,16,22H,6,9-11,13-14H2,1-2H3,(H,21,24);3-5,7-8,15,20H,6,9-11,13H2,1-2H3,(H,21,23)/t18-;2*16-;15-/m0000/s1. The summed E-state index contributed by atoms with van der Waals surface area (Å²) in [7, 11) is 0. The summed E-state index contributed by atoms with van der Waals surface area (Å²) in [4.78, 5) is 99.7. The number of carbonyl (C=O) groups is 7. The van der Waals surface area contributed by atoms with Crippen molar-refractivity contribution in [2.75, 3.05) is 70.8 Å². The molecule has 5 aliphatic rings. The Balaban J connectivity index is 0.000000214. The first-order valence-electron chi connectivity index (χ1n) is 35.6. The summed E-state index contributed by atoms with van der Waals surface area (Å²) >= 11 is 5.72. The number of carbonyl (C=O) groups excluding carboxylic acids is 7. The quantitative estimate of drug-likeness (QED) is 0.0307. The monoisotopic (exact) mass is 1410 g/mol. The maximum absolute atomic E-state index is 12.5. The molecule has 0 unspecified atom stereocenters. The number of para-hydroxylation sites is 1. The highest BCUT2D eigenvalue weighted by Gasteiger charge is 2.35. The number of pyridine rings is 1. The minimum atomic E-state index is -0.517. The second kappa shape index (κ2) is 40.4. The highest BCUT2D eigenvalue weighted by Crippen LogP contribution is 2.24. The van der Waals surface area contributed by atoms with E-state index in [1.807, 2.05) is 120 Å². The molecule has 7 amide bonds. The highest BCUT2D eigenvalue weighted by molar-refractivity contribution is 7.80. The number of hydrogen-bond acceptors (Lipinski definition) is 17. The molecule has 6 heterocycles. The van der Waals surface area contributed by atoms with E-state index >= 15 is 0 Å². The third-order valence-electron chi connectivity index (χ3n) is 18.5. The van der Waals surface area contributed by atoms with Crippen molar-refractivity contribution in [1.29, 1.82) is 21.0 Å². The van der Waals surface area contributed by atoms with Crippen molar-refractivity contribution in [3.05, 3.63) is 132 Å². The smallest absolute Gasteiger partial charge is 0.237 e. The van der Waals surface area contributed by atoms with Crippen LogP contribution in [0.2, 0.25) is 0 Å². The van der Waals surface area contributed by atoms with E-state index < -0.39 is 16.6 Å². The van der Waals surface area contributed by atoms with Crippen molar-refractivity contribution in [1.82, 2.24) is 61.4 Å². The molecule has 4 saturated heterocycles. The van der Waals surface area contributed by atoms with Crippen LogP contribution in [0.3, 0.4) is 0 Å². The van der Waals surface area contributed by atoms with Crippen LogP contribution >= 0.6 is 12.2 Å². The van der Waals surface area contributed by atoms with Gasteiger partial charge in [-0.2, -0.15) is 21.0 Å². The van der Waals surface area contributed by atoms with E-state index in [4.69, 9.17) is 33.3 Å². The van der Waals surface area contributed by atoms with Gasteiger partial charge in [-0.15, -0.1) is 0 Å². The minimum Gasteiger partial charge on any atom is -0.361 e. The fourth-order valence-electron chi connectivity index (χ4n) is 12.6. The first-order valence-corrected chi connectivity index (χ1v) is 36.0. The molecule has 5 aliphatic heterocycles. The molecule has 0 bridgehead atoms. The van der Waals surface area contributed by atoms with Crippen molar-refractivity contribution in [3.63, 3.8) is 0 Å². The van der Waals surface area contributed by atoms with Crippen molar-refractivity contribution in [2.45, 2.75) is 205 Å². The number of aromatic nitrogens is 1. The van der Waals surface area contributed by atoms with Gasteiger partial charge in [-0.25, -0.2) is 0 Å². The molecule has 9 rings (SSSR count). The minimum absolute atomic E-state index is 0.00458. The van der Waals surface area contributed by atoms with Gasteiger partial charge >= 0.3 is 0 Å². The van der Waals surface area contributed by atoms with E-state index in [1.54, 1.807) is 25.8 Å². The fraction of sp³-hybridized carbons (Fsp3) is 0.545. The number of benzene rings is 3. The van der Waals surface area contributed by atoms with E-state index in [1.165, 1.54) is 11.1 Å². The Labute approximate surface area is 608 Å². The average molecular weight is 1410 g/mol. The number of likely N-dealkylation sites (tertiary alicyclic amines) is 4. The lowest BCUT2D eigenvalue weighted by molar-refractivity contribution is -0.131. The van der Waals surface area contributed by atoms with Crippen LogP contribution in [0, 0.1) is 45.3 Å². The van der Waals surface area contributed by atoms with Crippen molar-refractivity contribution in [3.8, 4) is 24.3 Å². The van der Waals surface area contributed by atoms with Gasteiger partial charge in [0.15, 0.2) is 0 Å². The summed E-state index contributed by atoms with van der Waals surface area (Å²) in [6.07, 6.45) is 11.5. The van der Waals surface area contributed by atoms with Crippen LogP contribution in [0.25, 0.3) is 0 Å². The van der Waals surface area contributed by atoms with Gasteiger partial charge in [0, 0.05) is 124 Å². The van der Waals surface area contributed by atoms with Gasteiger partial charge in [0.1, 0.15) is 24.2 Å². The van der Waals surface area contributed by atoms with Crippen LogP contribution in [0.5, 0.6) is 0 Å². The maximum Gasteiger partial charge on any atom is 0.237 e. The van der Waals surface area contributed by atoms with Gasteiger partial charge in [-0.05, 0) is 154 Å². The van der Waals surface area contributed by atoms with E-state index in [0.717, 1.165) is 92.8 Å². The molecule has 3 aromatic carbocycles. The zero-order chi connectivity index (χ0) is 74.3. The summed E-state index contributed by atoms with van der Waals surface area (Å²) in [5, 5.41) is 57.8. The second-order valence-electron chi connectivity index (χ2n) is 29.1. The lowest BCUT2D eigenvalue weighted by Crippen LogP contribution is -2.50. The van der Waals surface area contributed by atoms with Crippen LogP contribution in [-0.4, -0.2) is 188 Å². The Bertz CT molecular complexity index is 3600. The normalized spacial score (nSPS) is 17.8. The molecule has 25 heteroatoms. The molecule has 102 heavy (non-hydrogen) atoms. The van der Waals surface area contributed by atoms with Crippen molar-refractivity contribution < 1.29 is 33.6 Å². The van der Waals surface area contributed by atoms with E-state index in [-0.39, 0.29) is 116 Å². The molecule has 0 spiro atoms. The van der Waals surface area contributed by atoms with Crippen LogP contribution < -0.4 is 37.2 Å². The van der Waals surface area contributed by atoms with Crippen LogP contribution in [0.15, 0.2) is 109 Å². The molecule has 0 radical (unpaired) electrons. The SMILES string of the molecule is CC(C)(CC(=O)NCCc1ccccn1)NCC(=O)N1CCC[C@H]1C#N.CC(C)(CC(=O)NCc1ccccc1)NCC(=O)N1CCC[C@H]1C#N.CC(C)(CC(=O)Nc1ccccc1)NCC(=O)N1CCC[C@H]1C#N.CC(C)(CC(=S)N1CCc2ccccc2C1)NCC(=O)N1CCC[C@H]1C#N. The zero-order valence-corrected chi connectivity index (χ0v) is 61.6. The highest BCUT2D eigenvalue weighted by atomic mass is 32.1. The lowest BCUT2D eigenvalue weighted by atomic mass is 9.97. The summed E-state index contributed by atoms with van der Waals surface area (Å²) in [5.74, 6) is -0.492. The number of nitrogens with zero attached hydrogens (tertiary/aromatic N) is 10. The summed E-state index contributed by atoms with van der Waals surface area (Å²) in [5.41, 5.74) is 3.71. The first-order chi connectivity index (χ1) is 48.6. The van der Waals surface area contributed by atoms with E-state index in [0.29, 0.717) is 52.1 Å². The number of fused-ring (bicyclic) bond motifs is 1. The van der Waals surface area contributed by atoms with Gasteiger partial charge in [-0.1, -0.05) is 91.1 Å². The second-order valence-corrected chi connectivity index (χ2v) is 29.6. The van der Waals surface area contributed by atoms with Gasteiger partial charge in [-0.3, -0.25) is 38.5 Å². The Morgan fingerprint density at radius 1 is 0.471 bits per heavy atom. The molecule has 0 saturated carbocycles. The van der Waals surface area contributed by atoms with Crippen molar-refractivity contribution >= 4 is 64.2 Å². The Kier molecular flexibility index (Phi) is 32.4. The third-order valence-corrected chi connectivity index (χ3v) is 18.9. The Hall–Kier alpha value is -9.21. The van der Waals surface area contributed by atoms with Gasteiger partial charge in [0.25, 0.3) is 0 Å². The molecule has 4 fully saturated rings. The Morgan fingerprint density at radius 3 is 1.27 bits per heavy atom. The maximum atomic E-state index is 12.5. The third kappa shape index (κ3) is 28.0. The number of thiocarbonyl (C=S) groups is 1. The van der Waals surface area contributed by atoms with E-state index in [9.17, 15) is 33.6 Å². The zero-order valence-electron chi connectivity index (χ0n) is 60.8. The molecule has 1 aromatic heterocycles. The molecule has 4 atom stereocenters. The van der Waals surface area contributed by atoms with Crippen LogP contribution in [0.4, 0.5) is 5.69 Å². The summed E-state index contributed by atoms with van der Waals surface area (Å²) in [6.45, 7) is 21.6. The molecular formula is C77H105N17O7S. The largest absolute Gasteiger partial charge is 0.361 e. The summed E-state index contributed by atoms with van der Waals surface area (Å²) < 4.78 is 0. The molecule has 0 aliphatic carbocycles. The molecule has 546 valence electrons. The fourth-order valence-corrected chi connectivity index (χ4v) is 13.2. The predicted molar refractivity (Wildman–Crippen MR) is 396 cm³/mol. The molecule has 4 aromatic rings. The van der Waals surface area contributed by atoms with Crippen LogP contribution in [-0.2, 0) is 59.5 Å². The number of nitrogens with one attached hydrogen (secondary N) is 7. The predicted octanol–water partition coefficient (Wildman–Crippen LogP) is 7.13.